The molecule has 4 rings (SSSR count). The topological polar surface area (TPSA) is 118 Å². The van der Waals surface area contributed by atoms with Gasteiger partial charge in [-0.2, -0.15) is 5.10 Å². The molecule has 0 radical (unpaired) electrons. The highest BCUT2D eigenvalue weighted by molar-refractivity contribution is 7.90. The lowest BCUT2D eigenvalue weighted by molar-refractivity contribution is 0.534. The molecular weight excluding hydrogens is 402 g/mol. The lowest BCUT2D eigenvalue weighted by Gasteiger charge is -2.12. The summed E-state index contributed by atoms with van der Waals surface area (Å²) in [4.78, 5) is 12.4. The van der Waals surface area contributed by atoms with Gasteiger partial charge in [0.2, 0.25) is 0 Å². The van der Waals surface area contributed by atoms with E-state index in [1.165, 1.54) is 6.26 Å². The normalized spacial score (nSPS) is 11.9. The number of aryl methyl sites for hydroxylation is 1. The molecular formula is C20H23N7O2S. The first kappa shape index (κ1) is 19.9. The minimum absolute atomic E-state index is 0.215. The van der Waals surface area contributed by atoms with Crippen molar-refractivity contribution in [3.8, 4) is 0 Å². The Balaban J connectivity index is 1.76. The molecule has 0 saturated heterocycles. The molecule has 10 heteroatoms. The first-order valence-electron chi connectivity index (χ1n) is 9.46. The Labute approximate surface area is 174 Å². The Morgan fingerprint density at radius 1 is 1.03 bits per heavy atom. The van der Waals surface area contributed by atoms with E-state index in [0.29, 0.717) is 40.0 Å². The van der Waals surface area contributed by atoms with Crippen molar-refractivity contribution in [2.45, 2.75) is 31.7 Å². The Hall–Kier alpha value is -3.40. The summed E-state index contributed by atoms with van der Waals surface area (Å²) in [6.45, 7) is 5.94. The Bertz CT molecular complexity index is 1320. The average molecular weight is 426 g/mol. The molecule has 3 heterocycles. The van der Waals surface area contributed by atoms with Gasteiger partial charge in [-0.05, 0) is 32.9 Å². The number of hydrogen-bond acceptors (Lipinski definition) is 7. The van der Waals surface area contributed by atoms with Gasteiger partial charge in [-0.1, -0.05) is 12.1 Å². The van der Waals surface area contributed by atoms with E-state index in [-0.39, 0.29) is 10.9 Å². The number of rotatable bonds is 6. The van der Waals surface area contributed by atoms with Gasteiger partial charge in [0.1, 0.15) is 17.2 Å². The molecule has 0 saturated carbocycles. The zero-order chi connectivity index (χ0) is 21.5. The monoisotopic (exact) mass is 425 g/mol. The van der Waals surface area contributed by atoms with E-state index in [0.717, 1.165) is 0 Å². The molecule has 0 fully saturated rings. The summed E-state index contributed by atoms with van der Waals surface area (Å²) < 4.78 is 26.2. The molecule has 4 aromatic rings. The fourth-order valence-corrected chi connectivity index (χ4v) is 3.97. The third-order valence-corrected chi connectivity index (χ3v) is 5.68. The summed E-state index contributed by atoms with van der Waals surface area (Å²) in [6.07, 6.45) is 3.08. The number of nitrogens with zero attached hydrogens (tertiary/aromatic N) is 4. The molecule has 0 aliphatic carbocycles. The maximum absolute atomic E-state index is 12.2. The molecule has 30 heavy (non-hydrogen) atoms. The minimum Gasteiger partial charge on any atom is -0.352 e. The van der Waals surface area contributed by atoms with Gasteiger partial charge in [-0.3, -0.25) is 4.68 Å². The van der Waals surface area contributed by atoms with Crippen LogP contribution in [0.4, 0.5) is 23.0 Å². The molecule has 0 amide bonds. The zero-order valence-corrected chi connectivity index (χ0v) is 17.9. The van der Waals surface area contributed by atoms with Crippen molar-refractivity contribution in [1.29, 1.82) is 0 Å². The van der Waals surface area contributed by atoms with Crippen molar-refractivity contribution in [3.05, 3.63) is 48.4 Å². The van der Waals surface area contributed by atoms with Crippen LogP contribution in [-0.4, -0.2) is 39.4 Å². The Kier molecular flexibility index (Phi) is 4.94. The second-order valence-corrected chi connectivity index (χ2v) is 9.35. The summed E-state index contributed by atoms with van der Waals surface area (Å²) in [6, 6.07) is 10.7. The van der Waals surface area contributed by atoms with Gasteiger partial charge < -0.3 is 15.6 Å². The number of imidazole rings is 1. The number of aromatic nitrogens is 5. The molecule has 156 valence electrons. The van der Waals surface area contributed by atoms with Crippen LogP contribution in [0.3, 0.4) is 0 Å². The standard InChI is InChI=1S/C20H23N7O2S/c1-12(2)27-10-9-17(26-27)24-18-11-15(19-20(25-18)22-13(3)21-19)23-14-7-5-6-8-16(14)30(4,28)29/h5-12H,1-4H3,(H3,21,22,23,24,25,26). The van der Waals surface area contributed by atoms with Crippen LogP contribution in [-0.2, 0) is 9.84 Å². The van der Waals surface area contributed by atoms with Gasteiger partial charge in [0.15, 0.2) is 21.3 Å². The lowest BCUT2D eigenvalue weighted by atomic mass is 10.2. The van der Waals surface area contributed by atoms with Crippen molar-refractivity contribution in [2.24, 2.45) is 0 Å². The number of anilines is 4. The maximum atomic E-state index is 12.2. The molecule has 3 aromatic heterocycles. The number of fused-ring (bicyclic) bond motifs is 1. The fraction of sp³-hybridized carbons (Fsp3) is 0.250. The number of hydrogen-bond donors (Lipinski definition) is 3. The SMILES string of the molecule is Cc1nc2c(Nc3ccccc3S(C)(=O)=O)cc(Nc3ccn(C(C)C)n3)nc2[nH]1. The number of H-pyrrole nitrogens is 1. The van der Waals surface area contributed by atoms with Gasteiger partial charge in [-0.15, -0.1) is 0 Å². The molecule has 0 aliphatic rings. The summed E-state index contributed by atoms with van der Waals surface area (Å²) in [5.41, 5.74) is 2.31. The molecule has 0 unspecified atom stereocenters. The predicted molar refractivity (Wildman–Crippen MR) is 117 cm³/mol. The van der Waals surface area contributed by atoms with E-state index in [9.17, 15) is 8.42 Å². The molecule has 0 aliphatic heterocycles. The Morgan fingerprint density at radius 3 is 2.50 bits per heavy atom. The minimum atomic E-state index is -3.40. The third-order valence-electron chi connectivity index (χ3n) is 4.52. The van der Waals surface area contributed by atoms with Crippen LogP contribution < -0.4 is 10.6 Å². The number of benzene rings is 1. The third kappa shape index (κ3) is 3.99. The molecule has 0 bridgehead atoms. The smallest absolute Gasteiger partial charge is 0.177 e. The Morgan fingerprint density at radius 2 is 1.80 bits per heavy atom. The predicted octanol–water partition coefficient (Wildman–Crippen LogP) is 3.93. The molecule has 0 atom stereocenters. The van der Waals surface area contributed by atoms with Crippen molar-refractivity contribution < 1.29 is 8.42 Å². The summed E-state index contributed by atoms with van der Waals surface area (Å²) >= 11 is 0. The number of nitrogens with one attached hydrogen (secondary N) is 3. The van der Waals surface area contributed by atoms with Gasteiger partial charge >= 0.3 is 0 Å². The first-order valence-corrected chi connectivity index (χ1v) is 11.4. The van der Waals surface area contributed by atoms with Crippen LogP contribution in [0.15, 0.2) is 47.5 Å². The number of para-hydroxylation sites is 1. The van der Waals surface area contributed by atoms with Gasteiger partial charge in [-0.25, -0.2) is 18.4 Å². The van der Waals surface area contributed by atoms with Crippen LogP contribution in [0, 0.1) is 6.92 Å². The van der Waals surface area contributed by atoms with Crippen molar-refractivity contribution >= 4 is 44.0 Å². The van der Waals surface area contributed by atoms with Crippen LogP contribution in [0.2, 0.25) is 0 Å². The van der Waals surface area contributed by atoms with Crippen LogP contribution >= 0.6 is 0 Å². The van der Waals surface area contributed by atoms with Crippen LogP contribution in [0.25, 0.3) is 11.2 Å². The first-order chi connectivity index (χ1) is 14.2. The quantitative estimate of drug-likeness (QED) is 0.428. The zero-order valence-electron chi connectivity index (χ0n) is 17.1. The van der Waals surface area contributed by atoms with Gasteiger partial charge in [0.05, 0.1) is 16.3 Å². The molecule has 0 spiro atoms. The highest BCUT2D eigenvalue weighted by Gasteiger charge is 2.16. The van der Waals surface area contributed by atoms with Crippen LogP contribution in [0.5, 0.6) is 0 Å². The summed E-state index contributed by atoms with van der Waals surface area (Å²) in [5, 5.41) is 10.9. The average Bonchev–Trinajstić information content (AvgIpc) is 3.27. The van der Waals surface area contributed by atoms with E-state index in [1.807, 2.05) is 23.9 Å². The summed E-state index contributed by atoms with van der Waals surface area (Å²) in [5.74, 6) is 1.92. The van der Waals surface area contributed by atoms with Crippen molar-refractivity contribution in [2.75, 3.05) is 16.9 Å². The fourth-order valence-electron chi connectivity index (χ4n) is 3.13. The van der Waals surface area contributed by atoms with Crippen LogP contribution in [0.1, 0.15) is 25.7 Å². The lowest BCUT2D eigenvalue weighted by Crippen LogP contribution is -2.04. The van der Waals surface area contributed by atoms with Gasteiger partial charge in [0, 0.05) is 30.6 Å². The second-order valence-electron chi connectivity index (χ2n) is 7.37. The van der Waals surface area contributed by atoms with Crippen molar-refractivity contribution in [1.82, 2.24) is 24.7 Å². The van der Waals surface area contributed by atoms with E-state index in [2.05, 4.69) is 44.5 Å². The highest BCUT2D eigenvalue weighted by atomic mass is 32.2. The van der Waals surface area contributed by atoms with Gasteiger partial charge in [0.25, 0.3) is 0 Å². The maximum Gasteiger partial charge on any atom is 0.177 e. The highest BCUT2D eigenvalue weighted by Crippen LogP contribution is 2.31. The summed E-state index contributed by atoms with van der Waals surface area (Å²) in [7, 11) is -3.40. The second kappa shape index (κ2) is 7.45. The van der Waals surface area contributed by atoms with E-state index in [1.54, 1.807) is 30.3 Å². The van der Waals surface area contributed by atoms with E-state index < -0.39 is 9.84 Å². The van der Waals surface area contributed by atoms with E-state index in [4.69, 9.17) is 0 Å². The van der Waals surface area contributed by atoms with E-state index >= 15 is 0 Å². The molecule has 1 aromatic carbocycles. The largest absolute Gasteiger partial charge is 0.352 e. The van der Waals surface area contributed by atoms with Crippen molar-refractivity contribution in [3.63, 3.8) is 0 Å². The molecule has 9 nitrogen and oxygen atoms in total. The number of pyridine rings is 1. The number of aromatic amines is 1. The molecule has 3 N–H and O–H groups in total. The number of sulfone groups is 1.